The van der Waals surface area contributed by atoms with Crippen molar-refractivity contribution >= 4 is 22.4 Å². The molecule has 1 aliphatic heterocycles. The Kier molecular flexibility index (Phi) is 5.38. The summed E-state index contributed by atoms with van der Waals surface area (Å²) < 4.78 is 26.6. The molecule has 4 nitrogen and oxygen atoms in total. The Bertz CT molecular complexity index is 533. The quantitative estimate of drug-likeness (QED) is 0.906. The number of nitrogens with zero attached hydrogens (tertiary/aromatic N) is 1. The molecule has 1 saturated heterocycles. The number of halogens is 1. The van der Waals surface area contributed by atoms with Gasteiger partial charge in [0.2, 0.25) is 10.0 Å². The molecule has 0 radical (unpaired) electrons. The Morgan fingerprint density at radius 1 is 1.32 bits per heavy atom. The third-order valence-corrected chi connectivity index (χ3v) is 5.67. The van der Waals surface area contributed by atoms with Gasteiger partial charge in [-0.1, -0.05) is 25.1 Å². The molecule has 2 atom stereocenters. The van der Waals surface area contributed by atoms with Crippen molar-refractivity contribution in [3.05, 3.63) is 29.8 Å². The Morgan fingerprint density at radius 2 is 1.95 bits per heavy atom. The number of hydrogen-bond donors (Lipinski definition) is 1. The van der Waals surface area contributed by atoms with Gasteiger partial charge in [0.15, 0.2) is 0 Å². The van der Waals surface area contributed by atoms with Crippen LogP contribution in [-0.4, -0.2) is 31.9 Å². The molecule has 1 heterocycles. The number of aryl methyl sites for hydroxylation is 1. The van der Waals surface area contributed by atoms with Crippen molar-refractivity contribution in [1.29, 1.82) is 0 Å². The van der Waals surface area contributed by atoms with Crippen LogP contribution in [0.25, 0.3) is 0 Å². The van der Waals surface area contributed by atoms with Gasteiger partial charge >= 0.3 is 0 Å². The maximum Gasteiger partial charge on any atom is 0.243 e. The molecule has 108 valence electrons. The molecule has 1 fully saturated rings. The van der Waals surface area contributed by atoms with Crippen molar-refractivity contribution in [3.8, 4) is 0 Å². The van der Waals surface area contributed by atoms with E-state index in [4.69, 9.17) is 5.73 Å². The third kappa shape index (κ3) is 3.28. The largest absolute Gasteiger partial charge is 0.327 e. The highest BCUT2D eigenvalue weighted by molar-refractivity contribution is 7.89. The second-order valence-corrected chi connectivity index (χ2v) is 6.96. The van der Waals surface area contributed by atoms with E-state index in [1.54, 1.807) is 16.4 Å². The average molecular weight is 305 g/mol. The summed E-state index contributed by atoms with van der Waals surface area (Å²) >= 11 is 0. The molecule has 0 saturated carbocycles. The minimum Gasteiger partial charge on any atom is -0.327 e. The lowest BCUT2D eigenvalue weighted by Crippen LogP contribution is -2.48. The van der Waals surface area contributed by atoms with E-state index in [0.29, 0.717) is 18.0 Å². The topological polar surface area (TPSA) is 63.4 Å². The number of rotatable bonds is 2. The monoisotopic (exact) mass is 304 g/mol. The lowest BCUT2D eigenvalue weighted by atomic mass is 9.96. The number of hydrogen-bond acceptors (Lipinski definition) is 3. The van der Waals surface area contributed by atoms with Gasteiger partial charge in [0, 0.05) is 19.1 Å². The second kappa shape index (κ2) is 6.22. The zero-order valence-electron chi connectivity index (χ0n) is 11.2. The van der Waals surface area contributed by atoms with E-state index < -0.39 is 10.0 Å². The molecule has 0 spiro atoms. The molecule has 2 rings (SSSR count). The normalized spacial score (nSPS) is 24.8. The van der Waals surface area contributed by atoms with Crippen LogP contribution in [0.3, 0.4) is 0 Å². The molecule has 0 aromatic heterocycles. The predicted molar refractivity (Wildman–Crippen MR) is 78.9 cm³/mol. The minimum atomic E-state index is -3.37. The van der Waals surface area contributed by atoms with Crippen molar-refractivity contribution in [2.45, 2.75) is 31.2 Å². The molecule has 1 aromatic carbocycles. The Hall–Kier alpha value is -0.620. The van der Waals surface area contributed by atoms with E-state index in [1.807, 2.05) is 26.0 Å². The van der Waals surface area contributed by atoms with Crippen LogP contribution in [0.1, 0.15) is 18.9 Å². The van der Waals surface area contributed by atoms with Crippen LogP contribution in [0, 0.1) is 12.8 Å². The Morgan fingerprint density at radius 3 is 2.53 bits per heavy atom. The molecule has 2 N–H and O–H groups in total. The van der Waals surface area contributed by atoms with Gasteiger partial charge in [-0.05, 0) is 30.9 Å². The van der Waals surface area contributed by atoms with Crippen LogP contribution >= 0.6 is 12.4 Å². The van der Waals surface area contributed by atoms with Crippen LogP contribution in [0.5, 0.6) is 0 Å². The van der Waals surface area contributed by atoms with Gasteiger partial charge < -0.3 is 5.73 Å². The maximum atomic E-state index is 12.5. The highest BCUT2D eigenvalue weighted by Gasteiger charge is 2.32. The summed E-state index contributed by atoms with van der Waals surface area (Å²) in [5, 5.41) is 0. The summed E-state index contributed by atoms with van der Waals surface area (Å²) in [7, 11) is -3.37. The fourth-order valence-corrected chi connectivity index (χ4v) is 4.11. The number of nitrogens with two attached hydrogens (primary N) is 1. The first-order chi connectivity index (χ1) is 8.43. The maximum absolute atomic E-state index is 12.5. The van der Waals surface area contributed by atoms with Crippen LogP contribution in [0.15, 0.2) is 29.2 Å². The Labute approximate surface area is 121 Å². The fourth-order valence-electron chi connectivity index (χ4n) is 2.33. The summed E-state index contributed by atoms with van der Waals surface area (Å²) in [4.78, 5) is 0.410. The molecule has 19 heavy (non-hydrogen) atoms. The third-order valence-electron chi connectivity index (χ3n) is 3.65. The number of benzene rings is 1. The lowest BCUT2D eigenvalue weighted by Gasteiger charge is -2.34. The molecule has 1 aromatic rings. The van der Waals surface area contributed by atoms with E-state index in [0.717, 1.165) is 12.0 Å². The molecule has 0 aliphatic carbocycles. The summed E-state index contributed by atoms with van der Waals surface area (Å²) in [6.07, 6.45) is 0.728. The predicted octanol–water partition coefficient (Wildman–Crippen LogP) is 1.77. The molecule has 6 heteroatoms. The van der Waals surface area contributed by atoms with Gasteiger partial charge in [0.1, 0.15) is 0 Å². The van der Waals surface area contributed by atoms with Crippen molar-refractivity contribution < 1.29 is 8.42 Å². The second-order valence-electron chi connectivity index (χ2n) is 5.06. The molecule has 0 bridgehead atoms. The van der Waals surface area contributed by atoms with Crippen molar-refractivity contribution in [3.63, 3.8) is 0 Å². The van der Waals surface area contributed by atoms with Gasteiger partial charge in [-0.2, -0.15) is 4.31 Å². The molecule has 0 amide bonds. The minimum absolute atomic E-state index is 0. The lowest BCUT2D eigenvalue weighted by molar-refractivity contribution is 0.250. The van der Waals surface area contributed by atoms with Crippen LogP contribution < -0.4 is 5.73 Å². The number of piperidine rings is 1. The van der Waals surface area contributed by atoms with Crippen molar-refractivity contribution in [1.82, 2.24) is 4.31 Å². The zero-order valence-corrected chi connectivity index (χ0v) is 12.9. The average Bonchev–Trinajstić information content (AvgIpc) is 2.33. The first-order valence-electron chi connectivity index (χ1n) is 6.24. The zero-order chi connectivity index (χ0) is 13.3. The van der Waals surface area contributed by atoms with Crippen LogP contribution in [0.2, 0.25) is 0 Å². The number of sulfonamides is 1. The van der Waals surface area contributed by atoms with E-state index in [-0.39, 0.29) is 24.4 Å². The smallest absolute Gasteiger partial charge is 0.243 e. The van der Waals surface area contributed by atoms with Gasteiger partial charge in [0.25, 0.3) is 0 Å². The van der Waals surface area contributed by atoms with Gasteiger partial charge in [-0.15, -0.1) is 12.4 Å². The summed E-state index contributed by atoms with van der Waals surface area (Å²) in [6, 6.07) is 7.21. The van der Waals surface area contributed by atoms with E-state index >= 15 is 0 Å². The first-order valence-corrected chi connectivity index (χ1v) is 7.68. The van der Waals surface area contributed by atoms with Crippen LogP contribution in [0.4, 0.5) is 0 Å². The van der Waals surface area contributed by atoms with Gasteiger partial charge in [0.05, 0.1) is 4.90 Å². The highest BCUT2D eigenvalue weighted by Crippen LogP contribution is 2.24. The SMILES string of the molecule is Cc1ccccc1S(=O)(=O)N1CCC(N)C(C)C1.Cl. The summed E-state index contributed by atoms with van der Waals surface area (Å²) in [5.41, 5.74) is 6.72. The van der Waals surface area contributed by atoms with E-state index in [9.17, 15) is 8.42 Å². The first kappa shape index (κ1) is 16.4. The molecule has 1 aliphatic rings. The van der Waals surface area contributed by atoms with Gasteiger partial charge in [-0.3, -0.25) is 0 Å². The van der Waals surface area contributed by atoms with Crippen molar-refractivity contribution in [2.75, 3.05) is 13.1 Å². The molecular formula is C13H21ClN2O2S. The van der Waals surface area contributed by atoms with Gasteiger partial charge in [-0.25, -0.2) is 8.42 Å². The van der Waals surface area contributed by atoms with E-state index in [2.05, 4.69) is 0 Å². The fraction of sp³-hybridized carbons (Fsp3) is 0.538. The standard InChI is InChI=1S/C13H20N2O2S.ClH/c1-10-5-3-4-6-13(10)18(16,17)15-8-7-12(14)11(2)9-15;/h3-6,11-12H,7-9,14H2,1-2H3;1H. The Balaban J connectivity index is 0.00000180. The highest BCUT2D eigenvalue weighted by atomic mass is 35.5. The molecule has 2 unspecified atom stereocenters. The van der Waals surface area contributed by atoms with Crippen LogP contribution in [-0.2, 0) is 10.0 Å². The van der Waals surface area contributed by atoms with E-state index in [1.165, 1.54) is 0 Å². The summed E-state index contributed by atoms with van der Waals surface area (Å²) in [5.74, 6) is 0.206. The molecular weight excluding hydrogens is 284 g/mol. The van der Waals surface area contributed by atoms with Crippen molar-refractivity contribution in [2.24, 2.45) is 11.7 Å². The summed E-state index contributed by atoms with van der Waals surface area (Å²) in [6.45, 7) is 4.86.